The van der Waals surface area contributed by atoms with Gasteiger partial charge in [-0.3, -0.25) is 9.80 Å². The van der Waals surface area contributed by atoms with Gasteiger partial charge in [-0.05, 0) is 42.7 Å². The number of amides is 2. The van der Waals surface area contributed by atoms with E-state index in [4.69, 9.17) is 4.99 Å². The standard InChI is InChI=1S/C23H23BrFN5O/c1-2-10-29-22-19(27-20(28-22)15-6-8-16(24)9-7-15)21-26-18(13-30(21)23(29)31)12-14-4-3-5-17(25)11-14/h3-9,11,18,22,26H,2,10,12-13H2,1H3,(H,27,28). The number of hydrogen-bond donors (Lipinski definition) is 2. The third kappa shape index (κ3) is 3.69. The number of fused-ring (bicyclic) bond motifs is 2. The third-order valence-electron chi connectivity index (χ3n) is 5.76. The molecule has 3 aliphatic heterocycles. The van der Waals surface area contributed by atoms with Crippen molar-refractivity contribution in [1.82, 2.24) is 20.4 Å². The highest BCUT2D eigenvalue weighted by molar-refractivity contribution is 9.10. The van der Waals surface area contributed by atoms with E-state index < -0.39 is 0 Å². The van der Waals surface area contributed by atoms with Gasteiger partial charge in [0.1, 0.15) is 23.2 Å². The van der Waals surface area contributed by atoms with Gasteiger partial charge in [-0.1, -0.05) is 47.1 Å². The lowest BCUT2D eigenvalue weighted by Crippen LogP contribution is -2.53. The molecule has 6 nitrogen and oxygen atoms in total. The van der Waals surface area contributed by atoms with Crippen molar-refractivity contribution in [2.75, 3.05) is 13.1 Å². The minimum atomic E-state index is -0.363. The molecule has 0 saturated carbocycles. The van der Waals surface area contributed by atoms with Crippen LogP contribution in [0.3, 0.4) is 0 Å². The van der Waals surface area contributed by atoms with Crippen molar-refractivity contribution in [1.29, 1.82) is 0 Å². The van der Waals surface area contributed by atoms with E-state index in [9.17, 15) is 9.18 Å². The van der Waals surface area contributed by atoms with E-state index in [-0.39, 0.29) is 24.1 Å². The number of benzene rings is 2. The first-order chi connectivity index (χ1) is 15.0. The molecule has 0 radical (unpaired) electrons. The van der Waals surface area contributed by atoms with Gasteiger partial charge in [-0.15, -0.1) is 0 Å². The molecule has 2 aromatic carbocycles. The molecule has 0 spiro atoms. The molecule has 160 valence electrons. The Morgan fingerprint density at radius 1 is 1.23 bits per heavy atom. The second-order valence-corrected chi connectivity index (χ2v) is 8.92. The van der Waals surface area contributed by atoms with Crippen LogP contribution in [0.4, 0.5) is 9.18 Å². The Hall–Kier alpha value is -2.87. The lowest BCUT2D eigenvalue weighted by atomic mass is 10.1. The molecular formula is C23H23BrFN5O. The number of urea groups is 1. The smallest absolute Gasteiger partial charge is 0.327 e. The topological polar surface area (TPSA) is 60.0 Å². The number of carbonyl (C=O) groups excluding carboxylic acids is 1. The van der Waals surface area contributed by atoms with Crippen LogP contribution in [0.1, 0.15) is 24.5 Å². The van der Waals surface area contributed by atoms with Crippen LogP contribution in [-0.2, 0) is 6.42 Å². The highest BCUT2D eigenvalue weighted by Crippen LogP contribution is 2.32. The number of nitrogens with one attached hydrogen (secondary N) is 2. The number of amidine groups is 1. The maximum absolute atomic E-state index is 13.6. The molecule has 2 unspecified atom stereocenters. The third-order valence-corrected chi connectivity index (χ3v) is 6.29. The normalized spacial score (nSPS) is 22.2. The first-order valence-corrected chi connectivity index (χ1v) is 11.3. The number of rotatable bonds is 5. The summed E-state index contributed by atoms with van der Waals surface area (Å²) in [6.45, 7) is 3.23. The number of aliphatic imine (C=N–C) groups is 1. The van der Waals surface area contributed by atoms with Crippen LogP contribution in [0.2, 0.25) is 0 Å². The predicted octanol–water partition coefficient (Wildman–Crippen LogP) is 3.80. The average molecular weight is 484 g/mol. The van der Waals surface area contributed by atoms with Crippen LogP contribution in [0, 0.1) is 5.82 Å². The molecule has 2 amide bonds. The summed E-state index contributed by atoms with van der Waals surface area (Å²) < 4.78 is 14.6. The summed E-state index contributed by atoms with van der Waals surface area (Å²) in [5.41, 5.74) is 2.77. The van der Waals surface area contributed by atoms with Crippen molar-refractivity contribution in [3.8, 4) is 0 Å². The van der Waals surface area contributed by atoms with Gasteiger partial charge in [0.2, 0.25) is 0 Å². The summed E-state index contributed by atoms with van der Waals surface area (Å²) in [6, 6.07) is 14.5. The Morgan fingerprint density at radius 3 is 2.77 bits per heavy atom. The summed E-state index contributed by atoms with van der Waals surface area (Å²) in [7, 11) is 0. The monoisotopic (exact) mass is 483 g/mol. The summed E-state index contributed by atoms with van der Waals surface area (Å²) in [4.78, 5) is 21.8. The molecule has 2 N–H and O–H groups in total. The minimum absolute atomic E-state index is 0.00834. The SMILES string of the molecule is CCCN1C(=O)N2CC(Cc3cccc(F)c3)NC2=C2NC(c3ccc(Br)cc3)=NC21. The lowest BCUT2D eigenvalue weighted by molar-refractivity contribution is 0.146. The number of carbonyl (C=O) groups is 1. The largest absolute Gasteiger partial charge is 0.365 e. The molecule has 0 bridgehead atoms. The van der Waals surface area contributed by atoms with Gasteiger partial charge in [-0.25, -0.2) is 14.2 Å². The molecular weight excluding hydrogens is 461 g/mol. The lowest BCUT2D eigenvalue weighted by Gasteiger charge is -2.36. The number of halogens is 2. The average Bonchev–Trinajstić information content (AvgIpc) is 3.36. The first-order valence-electron chi connectivity index (χ1n) is 10.5. The fourth-order valence-electron chi connectivity index (χ4n) is 4.38. The molecule has 2 atom stereocenters. The molecule has 8 heteroatoms. The van der Waals surface area contributed by atoms with Crippen molar-refractivity contribution in [3.63, 3.8) is 0 Å². The Labute approximate surface area is 189 Å². The maximum Gasteiger partial charge on any atom is 0.327 e. The zero-order valence-electron chi connectivity index (χ0n) is 17.1. The van der Waals surface area contributed by atoms with Crippen molar-refractivity contribution in [2.45, 2.75) is 32.0 Å². The van der Waals surface area contributed by atoms with Crippen molar-refractivity contribution >= 4 is 27.8 Å². The van der Waals surface area contributed by atoms with Crippen LogP contribution < -0.4 is 10.6 Å². The van der Waals surface area contributed by atoms with Gasteiger partial charge in [0.15, 0.2) is 6.17 Å². The zero-order chi connectivity index (χ0) is 21.5. The van der Waals surface area contributed by atoms with Crippen molar-refractivity contribution in [3.05, 3.63) is 81.5 Å². The molecule has 1 saturated heterocycles. The molecule has 1 fully saturated rings. The summed E-state index contributed by atoms with van der Waals surface area (Å²) in [5.74, 6) is 1.29. The molecule has 3 heterocycles. The highest BCUT2D eigenvalue weighted by Gasteiger charge is 2.46. The van der Waals surface area contributed by atoms with E-state index in [1.165, 1.54) is 6.07 Å². The minimum Gasteiger partial charge on any atom is -0.365 e. The fraction of sp³-hybridized carbons (Fsp3) is 0.304. The zero-order valence-corrected chi connectivity index (χ0v) is 18.7. The van der Waals surface area contributed by atoms with E-state index in [1.54, 1.807) is 17.0 Å². The second-order valence-electron chi connectivity index (χ2n) is 8.01. The highest BCUT2D eigenvalue weighted by atomic mass is 79.9. The van der Waals surface area contributed by atoms with Gasteiger partial charge in [0.05, 0.1) is 0 Å². The van der Waals surface area contributed by atoms with E-state index in [1.807, 2.05) is 35.2 Å². The quantitative estimate of drug-likeness (QED) is 0.679. The van der Waals surface area contributed by atoms with Gasteiger partial charge in [0.25, 0.3) is 0 Å². The summed E-state index contributed by atoms with van der Waals surface area (Å²) in [6.07, 6.45) is 1.12. The molecule has 3 aliphatic rings. The van der Waals surface area contributed by atoms with Crippen LogP contribution in [0.5, 0.6) is 0 Å². The predicted molar refractivity (Wildman–Crippen MR) is 121 cm³/mol. The first kappa shape index (κ1) is 20.1. The molecule has 31 heavy (non-hydrogen) atoms. The van der Waals surface area contributed by atoms with Gasteiger partial charge in [0, 0.05) is 29.2 Å². The summed E-state index contributed by atoms with van der Waals surface area (Å²) >= 11 is 3.47. The molecule has 0 aromatic heterocycles. The van der Waals surface area contributed by atoms with E-state index in [0.717, 1.165) is 39.4 Å². The van der Waals surface area contributed by atoms with Gasteiger partial charge < -0.3 is 10.6 Å². The van der Waals surface area contributed by atoms with Crippen molar-refractivity contribution < 1.29 is 9.18 Å². The Balaban J connectivity index is 1.45. The second kappa shape index (κ2) is 8.00. The van der Waals surface area contributed by atoms with E-state index >= 15 is 0 Å². The number of hydrogen-bond acceptors (Lipinski definition) is 4. The molecule has 5 rings (SSSR count). The number of nitrogens with zero attached hydrogens (tertiary/aromatic N) is 3. The summed E-state index contributed by atoms with van der Waals surface area (Å²) in [5, 5.41) is 6.96. The fourth-order valence-corrected chi connectivity index (χ4v) is 4.65. The van der Waals surface area contributed by atoms with Gasteiger partial charge >= 0.3 is 6.03 Å². The van der Waals surface area contributed by atoms with Crippen LogP contribution >= 0.6 is 15.9 Å². The van der Waals surface area contributed by atoms with Crippen molar-refractivity contribution in [2.24, 2.45) is 4.99 Å². The Kier molecular flexibility index (Phi) is 5.17. The van der Waals surface area contributed by atoms with Gasteiger partial charge in [-0.2, -0.15) is 0 Å². The van der Waals surface area contributed by atoms with Crippen LogP contribution in [0.25, 0.3) is 0 Å². The Bertz CT molecular complexity index is 1080. The Morgan fingerprint density at radius 2 is 2.03 bits per heavy atom. The molecule has 0 aliphatic carbocycles. The van der Waals surface area contributed by atoms with Crippen LogP contribution in [0.15, 0.2) is 69.5 Å². The maximum atomic E-state index is 13.6. The van der Waals surface area contributed by atoms with E-state index in [0.29, 0.717) is 19.5 Å². The van der Waals surface area contributed by atoms with E-state index in [2.05, 4.69) is 33.5 Å². The van der Waals surface area contributed by atoms with Crippen LogP contribution in [-0.4, -0.2) is 47.0 Å². The molecule has 2 aromatic rings.